The third kappa shape index (κ3) is 2.33. The Labute approximate surface area is 135 Å². The summed E-state index contributed by atoms with van der Waals surface area (Å²) in [5.41, 5.74) is -0.0666. The van der Waals surface area contributed by atoms with E-state index in [1.54, 1.807) is 0 Å². The van der Waals surface area contributed by atoms with Gasteiger partial charge >= 0.3 is 5.97 Å². The van der Waals surface area contributed by atoms with Gasteiger partial charge in [-0.15, -0.1) is 0 Å². The fourth-order valence-electron chi connectivity index (χ4n) is 4.57. The van der Waals surface area contributed by atoms with E-state index < -0.39 is 36.7 Å². The van der Waals surface area contributed by atoms with Gasteiger partial charge in [0.15, 0.2) is 12.4 Å². The van der Waals surface area contributed by atoms with Crippen LogP contribution in [-0.2, 0) is 14.3 Å². The molecular formula is C16H26O7. The lowest BCUT2D eigenvalue weighted by Crippen LogP contribution is -2.60. The SMILES string of the molecule is CC1(C)[C@H]2CC[C@]1(C)[C@H](OC(=O)[C@H]1O[C@@H](O)[C@@H](O)[C@@H](O)[C@H]1O)C2. The fourth-order valence-corrected chi connectivity index (χ4v) is 4.57. The molecule has 0 amide bonds. The van der Waals surface area contributed by atoms with E-state index in [2.05, 4.69) is 20.8 Å². The predicted octanol–water partition coefficient (Wildman–Crippen LogP) is -0.456. The van der Waals surface area contributed by atoms with Gasteiger partial charge in [-0.25, -0.2) is 4.79 Å². The van der Waals surface area contributed by atoms with Crippen LogP contribution in [0.1, 0.15) is 40.0 Å². The molecule has 0 aromatic rings. The molecule has 0 radical (unpaired) electrons. The van der Waals surface area contributed by atoms with Crippen LogP contribution in [0.15, 0.2) is 0 Å². The number of fused-ring (bicyclic) bond motifs is 2. The Morgan fingerprint density at radius 2 is 1.74 bits per heavy atom. The zero-order valence-corrected chi connectivity index (χ0v) is 13.7. The van der Waals surface area contributed by atoms with Crippen LogP contribution in [-0.4, -0.2) is 63.2 Å². The molecule has 2 aliphatic carbocycles. The second kappa shape index (κ2) is 5.39. The Hall–Kier alpha value is -0.730. The molecule has 2 saturated carbocycles. The molecule has 1 saturated heterocycles. The average Bonchev–Trinajstić information content (AvgIpc) is 2.82. The second-order valence-corrected chi connectivity index (χ2v) is 7.96. The van der Waals surface area contributed by atoms with Crippen molar-refractivity contribution in [2.75, 3.05) is 0 Å². The summed E-state index contributed by atoms with van der Waals surface area (Å²) in [7, 11) is 0. The van der Waals surface area contributed by atoms with E-state index in [1.165, 1.54) is 0 Å². The zero-order chi connectivity index (χ0) is 17.2. The molecule has 7 nitrogen and oxygen atoms in total. The third-order valence-corrected chi connectivity index (χ3v) is 6.79. The number of hydrogen-bond acceptors (Lipinski definition) is 7. The molecule has 3 fully saturated rings. The maximum absolute atomic E-state index is 12.4. The minimum absolute atomic E-state index is 0.0687. The van der Waals surface area contributed by atoms with Crippen molar-refractivity contribution in [1.82, 2.24) is 0 Å². The van der Waals surface area contributed by atoms with Gasteiger partial charge in [0.05, 0.1) is 0 Å². The van der Waals surface area contributed by atoms with E-state index in [4.69, 9.17) is 9.47 Å². The summed E-state index contributed by atoms with van der Waals surface area (Å²) in [5, 5.41) is 38.6. The molecule has 0 unspecified atom stereocenters. The Morgan fingerprint density at radius 1 is 1.09 bits per heavy atom. The lowest BCUT2D eigenvalue weighted by atomic mass is 9.70. The number of carbonyl (C=O) groups excluding carboxylic acids is 1. The molecule has 0 spiro atoms. The highest BCUT2D eigenvalue weighted by molar-refractivity contribution is 5.76. The van der Waals surface area contributed by atoms with Crippen LogP contribution in [0, 0.1) is 16.7 Å². The normalized spacial score (nSPS) is 51.7. The highest BCUT2D eigenvalue weighted by Gasteiger charge is 2.63. The summed E-state index contributed by atoms with van der Waals surface area (Å²) < 4.78 is 10.5. The Kier molecular flexibility index (Phi) is 4.01. The third-order valence-electron chi connectivity index (χ3n) is 6.79. The van der Waals surface area contributed by atoms with Gasteiger partial charge in [-0.1, -0.05) is 20.8 Å². The number of ether oxygens (including phenoxy) is 2. The van der Waals surface area contributed by atoms with Crippen molar-refractivity contribution in [3.63, 3.8) is 0 Å². The Bertz CT molecular complexity index is 493. The summed E-state index contributed by atoms with van der Waals surface area (Å²) in [6.07, 6.45) is -5.62. The molecule has 3 aliphatic rings. The highest BCUT2D eigenvalue weighted by Crippen LogP contribution is 2.66. The predicted molar refractivity (Wildman–Crippen MR) is 78.0 cm³/mol. The van der Waals surface area contributed by atoms with Crippen LogP contribution in [0.2, 0.25) is 0 Å². The van der Waals surface area contributed by atoms with E-state index in [0.29, 0.717) is 5.92 Å². The smallest absolute Gasteiger partial charge is 0.338 e. The minimum Gasteiger partial charge on any atom is -0.460 e. The summed E-state index contributed by atoms with van der Waals surface area (Å²) in [6.45, 7) is 6.49. The van der Waals surface area contributed by atoms with Gasteiger partial charge in [0.25, 0.3) is 0 Å². The first-order chi connectivity index (χ1) is 10.6. The maximum Gasteiger partial charge on any atom is 0.338 e. The monoisotopic (exact) mass is 330 g/mol. The number of hydrogen-bond donors (Lipinski definition) is 4. The largest absolute Gasteiger partial charge is 0.460 e. The van der Waals surface area contributed by atoms with Crippen molar-refractivity contribution >= 4 is 5.97 Å². The standard InChI is InChI=1S/C16H26O7/c1-15(2)7-4-5-16(15,3)8(6-7)22-14(21)12-10(18)9(17)11(19)13(20)23-12/h7-13,17-20H,4-6H2,1-3H3/t7-,8+,9-,10+,11-,12-,13+,16+/m0/s1. The van der Waals surface area contributed by atoms with Crippen molar-refractivity contribution < 1.29 is 34.7 Å². The molecule has 1 heterocycles. The van der Waals surface area contributed by atoms with Crippen LogP contribution in [0.4, 0.5) is 0 Å². The molecule has 8 atom stereocenters. The van der Waals surface area contributed by atoms with Crippen molar-refractivity contribution in [2.24, 2.45) is 16.7 Å². The molecule has 3 rings (SSSR count). The van der Waals surface area contributed by atoms with Crippen molar-refractivity contribution in [3.8, 4) is 0 Å². The number of rotatable bonds is 2. The van der Waals surface area contributed by atoms with E-state index >= 15 is 0 Å². The van der Waals surface area contributed by atoms with Crippen LogP contribution in [0.3, 0.4) is 0 Å². The van der Waals surface area contributed by atoms with E-state index in [9.17, 15) is 25.2 Å². The van der Waals surface area contributed by atoms with Crippen LogP contribution in [0.25, 0.3) is 0 Å². The van der Waals surface area contributed by atoms with Crippen molar-refractivity contribution in [3.05, 3.63) is 0 Å². The zero-order valence-electron chi connectivity index (χ0n) is 13.7. The Balaban J connectivity index is 1.71. The summed E-state index contributed by atoms with van der Waals surface area (Å²) >= 11 is 0. The lowest BCUT2D eigenvalue weighted by molar-refractivity contribution is -0.283. The van der Waals surface area contributed by atoms with Crippen LogP contribution in [0.5, 0.6) is 0 Å². The molecule has 0 aromatic carbocycles. The second-order valence-electron chi connectivity index (χ2n) is 7.96. The van der Waals surface area contributed by atoms with E-state index in [1.807, 2.05) is 0 Å². The van der Waals surface area contributed by atoms with Gasteiger partial charge < -0.3 is 29.9 Å². The van der Waals surface area contributed by atoms with Gasteiger partial charge in [0.1, 0.15) is 24.4 Å². The van der Waals surface area contributed by atoms with Crippen LogP contribution >= 0.6 is 0 Å². The van der Waals surface area contributed by atoms with Gasteiger partial charge in [-0.05, 0) is 30.6 Å². The fraction of sp³-hybridized carbons (Fsp3) is 0.938. The summed E-state index contributed by atoms with van der Waals surface area (Å²) in [4.78, 5) is 12.4. The molecule has 2 bridgehead atoms. The van der Waals surface area contributed by atoms with Gasteiger partial charge in [0.2, 0.25) is 0 Å². The number of aliphatic hydroxyl groups is 4. The van der Waals surface area contributed by atoms with Crippen molar-refractivity contribution in [2.45, 2.75) is 76.8 Å². The molecule has 4 N–H and O–H groups in total. The highest BCUT2D eigenvalue weighted by atomic mass is 16.7. The van der Waals surface area contributed by atoms with E-state index in [-0.39, 0.29) is 16.9 Å². The molecule has 1 aliphatic heterocycles. The molecule has 132 valence electrons. The summed E-state index contributed by atoms with van der Waals surface area (Å²) in [6, 6.07) is 0. The number of aliphatic hydroxyl groups excluding tert-OH is 4. The van der Waals surface area contributed by atoms with Crippen molar-refractivity contribution in [1.29, 1.82) is 0 Å². The lowest BCUT2D eigenvalue weighted by Gasteiger charge is -2.40. The quantitative estimate of drug-likeness (QED) is 0.506. The first kappa shape index (κ1) is 17.1. The Morgan fingerprint density at radius 3 is 2.26 bits per heavy atom. The average molecular weight is 330 g/mol. The molecular weight excluding hydrogens is 304 g/mol. The number of esters is 1. The first-order valence-corrected chi connectivity index (χ1v) is 8.18. The molecule has 0 aromatic heterocycles. The molecule has 7 heteroatoms. The van der Waals surface area contributed by atoms with Crippen LogP contribution < -0.4 is 0 Å². The van der Waals surface area contributed by atoms with Gasteiger partial charge in [-0.2, -0.15) is 0 Å². The van der Waals surface area contributed by atoms with Gasteiger partial charge in [0, 0.05) is 5.41 Å². The van der Waals surface area contributed by atoms with E-state index in [0.717, 1.165) is 19.3 Å². The minimum atomic E-state index is -1.74. The molecule has 23 heavy (non-hydrogen) atoms. The topological polar surface area (TPSA) is 116 Å². The van der Waals surface area contributed by atoms with Gasteiger partial charge in [-0.3, -0.25) is 0 Å². The maximum atomic E-state index is 12.4. The first-order valence-electron chi connectivity index (χ1n) is 8.18. The number of carbonyl (C=O) groups is 1. The summed E-state index contributed by atoms with van der Waals surface area (Å²) in [5.74, 6) is -0.322.